The maximum atomic E-state index is 11.8. The van der Waals surface area contributed by atoms with Gasteiger partial charge in [-0.3, -0.25) is 0 Å². The maximum absolute atomic E-state index is 11.8. The highest BCUT2D eigenvalue weighted by Crippen LogP contribution is 2.18. The molecule has 0 spiro atoms. The Balaban J connectivity index is 0.00000450. The summed E-state index contributed by atoms with van der Waals surface area (Å²) in [5.41, 5.74) is 1.78. The molecule has 172 valence electrons. The molecule has 1 atom stereocenters. The van der Waals surface area contributed by atoms with Gasteiger partial charge in [0.1, 0.15) is 0 Å². The van der Waals surface area contributed by atoms with Gasteiger partial charge in [-0.15, -0.1) is 24.0 Å². The van der Waals surface area contributed by atoms with Gasteiger partial charge in [0.2, 0.25) is 0 Å². The molecule has 1 aliphatic rings. The maximum Gasteiger partial charge on any atom is 0.191 e. The highest BCUT2D eigenvalue weighted by molar-refractivity contribution is 14.0. The Morgan fingerprint density at radius 3 is 2.63 bits per heavy atom. The first-order chi connectivity index (χ1) is 13.7. The summed E-state index contributed by atoms with van der Waals surface area (Å²) < 4.78 is 23.6. The third kappa shape index (κ3) is 9.09. The van der Waals surface area contributed by atoms with Crippen molar-refractivity contribution in [3.8, 4) is 0 Å². The van der Waals surface area contributed by atoms with E-state index in [1.54, 1.807) is 6.07 Å². The molecule has 30 heavy (non-hydrogen) atoms. The van der Waals surface area contributed by atoms with Crippen molar-refractivity contribution in [1.29, 1.82) is 0 Å². The zero-order valence-electron chi connectivity index (χ0n) is 19.1. The van der Waals surface area contributed by atoms with E-state index in [-0.39, 0.29) is 24.0 Å². The SMILES string of the molecule is CCNC(=NCc1ccc(S(C)(=O)=O)c(C)c1)NCC1CCCN(CC(C)C)C1.I. The molecule has 2 rings (SSSR count). The highest BCUT2D eigenvalue weighted by atomic mass is 127. The number of hydrogen-bond acceptors (Lipinski definition) is 4. The van der Waals surface area contributed by atoms with Gasteiger partial charge in [-0.2, -0.15) is 0 Å². The number of sulfone groups is 1. The van der Waals surface area contributed by atoms with Gasteiger partial charge in [0.05, 0.1) is 11.4 Å². The number of piperidine rings is 1. The van der Waals surface area contributed by atoms with Gasteiger partial charge >= 0.3 is 0 Å². The normalized spacial score (nSPS) is 18.2. The van der Waals surface area contributed by atoms with Crippen molar-refractivity contribution in [3.05, 3.63) is 29.3 Å². The number of halogens is 1. The van der Waals surface area contributed by atoms with Crippen LogP contribution in [0, 0.1) is 18.8 Å². The molecule has 1 heterocycles. The molecular formula is C22H39IN4O2S. The van der Waals surface area contributed by atoms with Crippen molar-refractivity contribution in [2.75, 3.05) is 39.0 Å². The second-order valence-electron chi connectivity index (χ2n) is 8.61. The van der Waals surface area contributed by atoms with Gasteiger partial charge in [0.15, 0.2) is 15.8 Å². The Labute approximate surface area is 200 Å². The summed E-state index contributed by atoms with van der Waals surface area (Å²) in [5.74, 6) is 2.17. The number of nitrogens with zero attached hydrogens (tertiary/aromatic N) is 2. The molecule has 6 nitrogen and oxygen atoms in total. The van der Waals surface area contributed by atoms with Crippen molar-refractivity contribution in [2.24, 2.45) is 16.8 Å². The zero-order valence-corrected chi connectivity index (χ0v) is 22.2. The number of rotatable bonds is 8. The molecule has 0 aliphatic carbocycles. The minimum atomic E-state index is -3.19. The smallest absolute Gasteiger partial charge is 0.191 e. The largest absolute Gasteiger partial charge is 0.357 e. The molecule has 1 fully saturated rings. The first-order valence-electron chi connectivity index (χ1n) is 10.7. The molecule has 1 aromatic rings. The number of likely N-dealkylation sites (tertiary alicyclic amines) is 1. The number of nitrogens with one attached hydrogen (secondary N) is 2. The number of guanidine groups is 1. The molecule has 0 bridgehead atoms. The van der Waals surface area contributed by atoms with Crippen molar-refractivity contribution < 1.29 is 8.42 Å². The van der Waals surface area contributed by atoms with Crippen LogP contribution in [0.1, 0.15) is 44.7 Å². The quantitative estimate of drug-likeness (QED) is 0.295. The van der Waals surface area contributed by atoms with E-state index < -0.39 is 9.84 Å². The highest BCUT2D eigenvalue weighted by Gasteiger charge is 2.20. The van der Waals surface area contributed by atoms with E-state index in [0.717, 1.165) is 36.7 Å². The second-order valence-corrected chi connectivity index (χ2v) is 10.6. The predicted octanol–water partition coefficient (Wildman–Crippen LogP) is 3.44. The first-order valence-corrected chi connectivity index (χ1v) is 12.6. The number of aliphatic imine (C=N–C) groups is 1. The summed E-state index contributed by atoms with van der Waals surface area (Å²) in [5, 5.41) is 6.82. The molecule has 8 heteroatoms. The molecular weight excluding hydrogens is 511 g/mol. The van der Waals surface area contributed by atoms with Gasteiger partial charge in [-0.25, -0.2) is 13.4 Å². The molecule has 0 saturated carbocycles. The average Bonchev–Trinajstić information content (AvgIpc) is 2.63. The third-order valence-electron chi connectivity index (χ3n) is 5.19. The minimum absolute atomic E-state index is 0. The van der Waals surface area contributed by atoms with Crippen molar-refractivity contribution in [1.82, 2.24) is 15.5 Å². The van der Waals surface area contributed by atoms with Crippen LogP contribution in [0.4, 0.5) is 0 Å². The van der Waals surface area contributed by atoms with Crippen LogP contribution in [0.2, 0.25) is 0 Å². The van der Waals surface area contributed by atoms with Crippen molar-refractivity contribution in [3.63, 3.8) is 0 Å². The van der Waals surface area contributed by atoms with E-state index >= 15 is 0 Å². The van der Waals surface area contributed by atoms with Crippen molar-refractivity contribution in [2.45, 2.75) is 52.0 Å². The van der Waals surface area contributed by atoms with Crippen LogP contribution in [-0.2, 0) is 16.4 Å². The number of aryl methyl sites for hydroxylation is 1. The Kier molecular flexibility index (Phi) is 11.6. The van der Waals surface area contributed by atoms with E-state index in [1.807, 2.05) is 19.1 Å². The average molecular weight is 551 g/mol. The van der Waals surface area contributed by atoms with Gasteiger partial charge in [-0.05, 0) is 62.3 Å². The molecule has 2 N–H and O–H groups in total. The summed E-state index contributed by atoms with van der Waals surface area (Å²) in [6.07, 6.45) is 3.76. The Bertz CT molecular complexity index is 796. The molecule has 1 aliphatic heterocycles. The lowest BCUT2D eigenvalue weighted by Crippen LogP contribution is -2.45. The van der Waals surface area contributed by atoms with Crippen LogP contribution >= 0.6 is 24.0 Å². The lowest BCUT2D eigenvalue weighted by Gasteiger charge is -2.34. The molecule has 0 radical (unpaired) electrons. The van der Waals surface area contributed by atoms with Gasteiger partial charge in [0, 0.05) is 32.4 Å². The van der Waals surface area contributed by atoms with Crippen molar-refractivity contribution >= 4 is 39.8 Å². The van der Waals surface area contributed by atoms with Crippen LogP contribution in [0.15, 0.2) is 28.1 Å². The first kappa shape index (κ1) is 27.2. The Morgan fingerprint density at radius 2 is 2.03 bits per heavy atom. The van der Waals surface area contributed by atoms with E-state index in [2.05, 4.69) is 36.3 Å². The summed E-state index contributed by atoms with van der Waals surface area (Å²) in [6.45, 7) is 14.2. The second kappa shape index (κ2) is 12.9. The topological polar surface area (TPSA) is 73.8 Å². The lowest BCUT2D eigenvalue weighted by molar-refractivity contribution is 0.159. The van der Waals surface area contributed by atoms with Gasteiger partial charge in [0.25, 0.3) is 0 Å². The monoisotopic (exact) mass is 550 g/mol. The van der Waals surface area contributed by atoms with E-state index in [1.165, 1.54) is 32.2 Å². The molecule has 1 unspecified atom stereocenters. The molecule has 1 aromatic carbocycles. The fourth-order valence-electron chi connectivity index (χ4n) is 3.98. The fourth-order valence-corrected chi connectivity index (χ4v) is 4.94. The number of benzene rings is 1. The predicted molar refractivity (Wildman–Crippen MR) is 137 cm³/mol. The molecule has 0 aromatic heterocycles. The summed E-state index contributed by atoms with van der Waals surface area (Å²) in [4.78, 5) is 7.67. The van der Waals surface area contributed by atoms with Crippen LogP contribution in [0.5, 0.6) is 0 Å². The number of hydrogen-bond donors (Lipinski definition) is 2. The minimum Gasteiger partial charge on any atom is -0.357 e. The Hall–Kier alpha value is -0.870. The summed E-state index contributed by atoms with van der Waals surface area (Å²) in [7, 11) is -3.19. The Morgan fingerprint density at radius 1 is 1.30 bits per heavy atom. The van der Waals surface area contributed by atoms with Crippen LogP contribution in [-0.4, -0.2) is 58.3 Å². The zero-order chi connectivity index (χ0) is 21.4. The fraction of sp³-hybridized carbons (Fsp3) is 0.682. The summed E-state index contributed by atoms with van der Waals surface area (Å²) >= 11 is 0. The van der Waals surface area contributed by atoms with Crippen LogP contribution < -0.4 is 10.6 Å². The third-order valence-corrected chi connectivity index (χ3v) is 6.44. The summed E-state index contributed by atoms with van der Waals surface area (Å²) in [6, 6.07) is 5.44. The van der Waals surface area contributed by atoms with Crippen LogP contribution in [0.3, 0.4) is 0 Å². The van der Waals surface area contributed by atoms with E-state index in [9.17, 15) is 8.42 Å². The van der Waals surface area contributed by atoms with Gasteiger partial charge < -0.3 is 15.5 Å². The molecule has 0 amide bonds. The van der Waals surface area contributed by atoms with E-state index in [4.69, 9.17) is 4.99 Å². The molecule has 1 saturated heterocycles. The standard InChI is InChI=1S/C22H38N4O2S.HI/c1-6-23-22(25-14-20-8-7-11-26(16-20)15-17(2)3)24-13-19-9-10-21(18(4)12-19)29(5,27)28;/h9-10,12,17,20H,6-8,11,13-16H2,1-5H3,(H2,23,24,25);1H. The lowest BCUT2D eigenvalue weighted by atomic mass is 9.97. The van der Waals surface area contributed by atoms with Gasteiger partial charge in [-0.1, -0.05) is 26.0 Å². The van der Waals surface area contributed by atoms with Crippen LogP contribution in [0.25, 0.3) is 0 Å². The van der Waals surface area contributed by atoms with E-state index in [0.29, 0.717) is 23.3 Å².